The SMILES string of the molecule is O=C1C(SCCO)=C(c2cccs2)C(=O)N1Cc1ccccc1. The zero-order chi connectivity index (χ0) is 16.2. The van der Waals surface area contributed by atoms with E-state index in [1.165, 1.54) is 28.0 Å². The first-order valence-corrected chi connectivity index (χ1v) is 9.01. The molecule has 2 aromatic rings. The summed E-state index contributed by atoms with van der Waals surface area (Å²) in [6.45, 7) is 0.225. The molecule has 0 radical (unpaired) electrons. The molecule has 3 rings (SSSR count). The van der Waals surface area contributed by atoms with E-state index >= 15 is 0 Å². The number of aliphatic hydroxyl groups is 1. The summed E-state index contributed by atoms with van der Waals surface area (Å²) in [5, 5.41) is 10.9. The average Bonchev–Trinajstić information content (AvgIpc) is 3.16. The number of nitrogens with zero attached hydrogens (tertiary/aromatic N) is 1. The van der Waals surface area contributed by atoms with Gasteiger partial charge in [-0.25, -0.2) is 0 Å². The molecular weight excluding hydrogens is 330 g/mol. The van der Waals surface area contributed by atoms with Gasteiger partial charge in [0.1, 0.15) is 0 Å². The highest BCUT2D eigenvalue weighted by molar-refractivity contribution is 8.04. The Morgan fingerprint density at radius 2 is 1.83 bits per heavy atom. The molecule has 1 aromatic heterocycles. The van der Waals surface area contributed by atoms with Crippen LogP contribution < -0.4 is 0 Å². The van der Waals surface area contributed by atoms with E-state index in [0.717, 1.165) is 10.4 Å². The normalized spacial score (nSPS) is 14.9. The van der Waals surface area contributed by atoms with Crippen LogP contribution in [0.5, 0.6) is 0 Å². The Morgan fingerprint density at radius 3 is 2.48 bits per heavy atom. The molecule has 0 saturated carbocycles. The molecule has 0 spiro atoms. The third-order valence-electron chi connectivity index (χ3n) is 3.41. The van der Waals surface area contributed by atoms with Crippen molar-refractivity contribution in [1.29, 1.82) is 0 Å². The minimum absolute atomic E-state index is 0.0357. The number of hydrogen-bond donors (Lipinski definition) is 1. The first-order valence-electron chi connectivity index (χ1n) is 7.14. The Hall–Kier alpha value is -1.89. The topological polar surface area (TPSA) is 57.6 Å². The lowest BCUT2D eigenvalue weighted by Gasteiger charge is -2.15. The van der Waals surface area contributed by atoms with Gasteiger partial charge in [0.15, 0.2) is 0 Å². The summed E-state index contributed by atoms with van der Waals surface area (Å²) < 4.78 is 0. The van der Waals surface area contributed by atoms with E-state index in [1.807, 2.05) is 47.8 Å². The summed E-state index contributed by atoms with van der Waals surface area (Å²) in [7, 11) is 0. The molecule has 0 atom stereocenters. The van der Waals surface area contributed by atoms with E-state index in [9.17, 15) is 9.59 Å². The van der Waals surface area contributed by atoms with Crippen LogP contribution in [0.15, 0.2) is 52.7 Å². The number of imide groups is 1. The van der Waals surface area contributed by atoms with Crippen LogP contribution in [0.25, 0.3) is 5.57 Å². The summed E-state index contributed by atoms with van der Waals surface area (Å²) in [5.74, 6) is -0.148. The quantitative estimate of drug-likeness (QED) is 0.818. The largest absolute Gasteiger partial charge is 0.396 e. The Kier molecular flexibility index (Phi) is 4.95. The molecule has 2 amide bonds. The Labute approximate surface area is 142 Å². The van der Waals surface area contributed by atoms with E-state index in [-0.39, 0.29) is 25.0 Å². The van der Waals surface area contributed by atoms with Gasteiger partial charge in [0.05, 0.1) is 23.6 Å². The Morgan fingerprint density at radius 1 is 1.04 bits per heavy atom. The fraction of sp³-hybridized carbons (Fsp3) is 0.176. The lowest BCUT2D eigenvalue weighted by atomic mass is 10.2. The van der Waals surface area contributed by atoms with Crippen molar-refractivity contribution in [2.45, 2.75) is 6.54 Å². The fourth-order valence-electron chi connectivity index (χ4n) is 2.38. The molecule has 23 heavy (non-hydrogen) atoms. The molecule has 118 valence electrons. The molecule has 0 unspecified atom stereocenters. The summed E-state index contributed by atoms with van der Waals surface area (Å²) >= 11 is 2.68. The van der Waals surface area contributed by atoms with Crippen LogP contribution in [-0.2, 0) is 16.1 Å². The van der Waals surface area contributed by atoms with Gasteiger partial charge >= 0.3 is 0 Å². The van der Waals surface area contributed by atoms with Gasteiger partial charge in [-0.05, 0) is 17.0 Å². The monoisotopic (exact) mass is 345 g/mol. The number of rotatable bonds is 6. The molecule has 6 heteroatoms. The van der Waals surface area contributed by atoms with Gasteiger partial charge in [-0.15, -0.1) is 23.1 Å². The fourth-order valence-corrected chi connectivity index (χ4v) is 4.09. The van der Waals surface area contributed by atoms with Gasteiger partial charge in [0, 0.05) is 10.6 Å². The lowest BCUT2D eigenvalue weighted by Crippen LogP contribution is -2.30. The number of thiophene rings is 1. The first kappa shape index (κ1) is 16.0. The number of hydrogen-bond acceptors (Lipinski definition) is 5. The van der Waals surface area contributed by atoms with Crippen molar-refractivity contribution >= 4 is 40.5 Å². The van der Waals surface area contributed by atoms with Crippen LogP contribution in [0, 0.1) is 0 Å². The minimum atomic E-state index is -0.277. The van der Waals surface area contributed by atoms with Crippen molar-refractivity contribution in [3.8, 4) is 0 Å². The predicted molar refractivity (Wildman–Crippen MR) is 92.8 cm³/mol. The molecule has 2 heterocycles. The van der Waals surface area contributed by atoms with Gasteiger partial charge < -0.3 is 5.11 Å². The zero-order valence-electron chi connectivity index (χ0n) is 12.3. The molecule has 0 fully saturated rings. The smallest absolute Gasteiger partial charge is 0.268 e. The summed E-state index contributed by atoms with van der Waals surface area (Å²) in [6, 6.07) is 13.2. The molecule has 1 N–H and O–H groups in total. The van der Waals surface area contributed by atoms with Crippen molar-refractivity contribution in [3.63, 3.8) is 0 Å². The number of benzene rings is 1. The third kappa shape index (κ3) is 3.24. The van der Waals surface area contributed by atoms with Crippen LogP contribution in [-0.4, -0.2) is 34.2 Å². The number of carbonyl (C=O) groups is 2. The molecular formula is C17H15NO3S2. The van der Waals surface area contributed by atoms with Gasteiger partial charge in [0.2, 0.25) is 0 Å². The number of aliphatic hydroxyl groups excluding tert-OH is 1. The van der Waals surface area contributed by atoms with Gasteiger partial charge in [-0.1, -0.05) is 36.4 Å². The van der Waals surface area contributed by atoms with Crippen molar-refractivity contribution in [2.75, 3.05) is 12.4 Å². The lowest BCUT2D eigenvalue weighted by molar-refractivity contribution is -0.137. The van der Waals surface area contributed by atoms with E-state index in [0.29, 0.717) is 16.2 Å². The van der Waals surface area contributed by atoms with Gasteiger partial charge in [0.25, 0.3) is 11.8 Å². The van der Waals surface area contributed by atoms with E-state index < -0.39 is 0 Å². The number of carbonyl (C=O) groups excluding carboxylic acids is 2. The minimum Gasteiger partial charge on any atom is -0.396 e. The molecule has 1 aliphatic heterocycles. The summed E-state index contributed by atoms with van der Waals surface area (Å²) in [5.41, 5.74) is 1.37. The Bertz CT molecular complexity index is 738. The highest BCUT2D eigenvalue weighted by atomic mass is 32.2. The highest BCUT2D eigenvalue weighted by Crippen LogP contribution is 2.38. The molecule has 0 saturated heterocycles. The van der Waals surface area contributed by atoms with Crippen molar-refractivity contribution in [1.82, 2.24) is 4.90 Å². The van der Waals surface area contributed by atoms with E-state index in [1.54, 1.807) is 0 Å². The highest BCUT2D eigenvalue weighted by Gasteiger charge is 2.39. The van der Waals surface area contributed by atoms with Gasteiger partial charge in [-0.3, -0.25) is 14.5 Å². The second kappa shape index (κ2) is 7.12. The molecule has 1 aromatic carbocycles. The van der Waals surface area contributed by atoms with Crippen LogP contribution in [0.4, 0.5) is 0 Å². The van der Waals surface area contributed by atoms with Crippen molar-refractivity contribution in [2.24, 2.45) is 0 Å². The maximum atomic E-state index is 12.8. The maximum Gasteiger partial charge on any atom is 0.268 e. The van der Waals surface area contributed by atoms with Crippen LogP contribution in [0.1, 0.15) is 10.4 Å². The standard InChI is InChI=1S/C17H15NO3S2/c19-8-10-23-15-14(13-7-4-9-22-13)16(20)18(17(15)21)11-12-5-2-1-3-6-12/h1-7,9,19H,8,10-11H2. The van der Waals surface area contributed by atoms with Crippen LogP contribution in [0.3, 0.4) is 0 Å². The summed E-state index contributed by atoms with van der Waals surface area (Å²) in [4.78, 5) is 28.0. The molecule has 4 nitrogen and oxygen atoms in total. The van der Waals surface area contributed by atoms with E-state index in [2.05, 4.69) is 0 Å². The van der Waals surface area contributed by atoms with Crippen LogP contribution in [0.2, 0.25) is 0 Å². The van der Waals surface area contributed by atoms with Crippen LogP contribution >= 0.6 is 23.1 Å². The van der Waals surface area contributed by atoms with Crippen molar-refractivity contribution < 1.29 is 14.7 Å². The zero-order valence-corrected chi connectivity index (χ0v) is 13.9. The Balaban J connectivity index is 1.92. The molecule has 1 aliphatic rings. The first-order chi connectivity index (χ1) is 11.2. The van der Waals surface area contributed by atoms with E-state index in [4.69, 9.17) is 5.11 Å². The predicted octanol–water partition coefficient (Wildman–Crippen LogP) is 2.75. The van der Waals surface area contributed by atoms with Gasteiger partial charge in [-0.2, -0.15) is 0 Å². The maximum absolute atomic E-state index is 12.8. The number of amides is 2. The summed E-state index contributed by atoms with van der Waals surface area (Å²) in [6.07, 6.45) is 0. The molecule has 0 aliphatic carbocycles. The third-order valence-corrected chi connectivity index (χ3v) is 5.36. The molecule has 0 bridgehead atoms. The number of thioether (sulfide) groups is 1. The van der Waals surface area contributed by atoms with Crippen molar-refractivity contribution in [3.05, 3.63) is 63.2 Å². The second-order valence-electron chi connectivity index (χ2n) is 4.94. The second-order valence-corrected chi connectivity index (χ2v) is 6.99. The average molecular weight is 345 g/mol.